The van der Waals surface area contributed by atoms with Gasteiger partial charge in [-0.1, -0.05) is 67.5 Å². The summed E-state index contributed by atoms with van der Waals surface area (Å²) in [6.45, 7) is 0. The average Bonchev–Trinajstić information content (AvgIpc) is 3.41. The molecular weight excluding hydrogens is 439 g/mol. The first kappa shape index (κ1) is 23.1. The Morgan fingerprint density at radius 1 is 0.735 bits per heavy atom. The summed E-state index contributed by atoms with van der Waals surface area (Å²) in [5.41, 5.74) is -0.552. The molecule has 2 aliphatic rings. The predicted octanol–water partition coefficient (Wildman–Crippen LogP) is 8.20. The second-order valence-corrected chi connectivity index (χ2v) is 11.5. The van der Waals surface area contributed by atoms with Crippen LogP contribution in [0.5, 0.6) is 5.75 Å². The third kappa shape index (κ3) is 5.34. The molecule has 0 radical (unpaired) electrons. The molecule has 3 heteroatoms. The minimum absolute atomic E-state index is 0.297. The van der Waals surface area contributed by atoms with Gasteiger partial charge in [-0.3, -0.25) is 0 Å². The van der Waals surface area contributed by atoms with Crippen LogP contribution in [0.15, 0.2) is 93.5 Å². The Bertz CT molecular complexity index is 1100. The minimum atomic E-state index is -0.552. The number of hydrogen-bond donors (Lipinski definition) is 0. The van der Waals surface area contributed by atoms with Crippen molar-refractivity contribution in [2.45, 2.75) is 78.1 Å². The fourth-order valence-corrected chi connectivity index (χ4v) is 7.20. The van der Waals surface area contributed by atoms with E-state index < -0.39 is 5.60 Å². The van der Waals surface area contributed by atoms with E-state index in [0.29, 0.717) is 11.7 Å². The molecule has 1 nitrogen and oxygen atoms in total. The molecule has 174 valence electrons. The first-order valence-corrected chi connectivity index (χ1v) is 13.8. The highest BCUT2D eigenvalue weighted by atomic mass is 32.2. The maximum absolute atomic E-state index is 15.5. The van der Waals surface area contributed by atoms with Gasteiger partial charge in [-0.2, -0.15) is 0 Å². The van der Waals surface area contributed by atoms with E-state index in [1.165, 1.54) is 41.9 Å². The van der Waals surface area contributed by atoms with E-state index in [9.17, 15) is 0 Å². The third-order valence-electron chi connectivity index (χ3n) is 6.92. The summed E-state index contributed by atoms with van der Waals surface area (Å²) in [6, 6.07) is 26.2. The highest BCUT2D eigenvalue weighted by Gasteiger charge is 2.35. The van der Waals surface area contributed by atoms with Crippen LogP contribution in [0.2, 0.25) is 0 Å². The van der Waals surface area contributed by atoms with E-state index >= 15 is 4.39 Å². The van der Waals surface area contributed by atoms with E-state index in [2.05, 4.69) is 36.1 Å². The lowest BCUT2D eigenvalue weighted by molar-refractivity contribution is 0.0821. The Morgan fingerprint density at radius 2 is 1.35 bits per heavy atom. The summed E-state index contributed by atoms with van der Waals surface area (Å²) in [5, 5.41) is 0. The van der Waals surface area contributed by atoms with Gasteiger partial charge in [-0.15, -0.1) is 0 Å². The van der Waals surface area contributed by atoms with Crippen LogP contribution in [0.4, 0.5) is 4.39 Å². The largest absolute Gasteiger partial charge is 0.472 e. The number of ether oxygens (including phenoxy) is 1. The first-order valence-electron chi connectivity index (χ1n) is 12.6. The molecule has 0 amide bonds. The highest BCUT2D eigenvalue weighted by molar-refractivity contribution is 7.97. The summed E-state index contributed by atoms with van der Waals surface area (Å²) in [4.78, 5) is 3.30. The van der Waals surface area contributed by atoms with Crippen molar-refractivity contribution >= 4 is 10.9 Å². The molecule has 0 atom stereocenters. The van der Waals surface area contributed by atoms with Crippen LogP contribution in [0, 0.1) is 23.6 Å². The molecule has 34 heavy (non-hydrogen) atoms. The summed E-state index contributed by atoms with van der Waals surface area (Å²) in [6.07, 6.45) is 10.1. The zero-order valence-corrected chi connectivity index (χ0v) is 20.5. The average molecular weight is 472 g/mol. The van der Waals surface area contributed by atoms with Crippen LogP contribution in [0.1, 0.15) is 57.8 Å². The molecule has 0 N–H and O–H groups in total. The summed E-state index contributed by atoms with van der Waals surface area (Å²) in [5.74, 6) is 7.53. The Hall–Kier alpha value is -2.70. The van der Waals surface area contributed by atoms with Crippen molar-refractivity contribution in [1.82, 2.24) is 0 Å². The zero-order valence-electron chi connectivity index (χ0n) is 19.6. The van der Waals surface area contributed by atoms with Crippen LogP contribution in [-0.2, 0) is 10.9 Å². The molecule has 0 spiro atoms. The Labute approximate surface area is 206 Å². The summed E-state index contributed by atoms with van der Waals surface area (Å²) in [7, 11) is -0.379. The summed E-state index contributed by atoms with van der Waals surface area (Å²) >= 11 is 0. The maximum Gasteiger partial charge on any atom is 0.170 e. The Kier molecular flexibility index (Phi) is 7.26. The van der Waals surface area contributed by atoms with Gasteiger partial charge in [0.1, 0.15) is 0 Å². The first-order chi connectivity index (χ1) is 16.7. The molecule has 3 aromatic rings. The zero-order chi connectivity index (χ0) is 23.2. The Balaban J connectivity index is 1.45. The second-order valence-electron chi connectivity index (χ2n) is 9.43. The van der Waals surface area contributed by atoms with Gasteiger partial charge in [-0.05, 0) is 74.9 Å². The van der Waals surface area contributed by atoms with Crippen LogP contribution >= 0.6 is 0 Å². The van der Waals surface area contributed by atoms with Crippen molar-refractivity contribution < 1.29 is 9.13 Å². The lowest BCUT2D eigenvalue weighted by atomic mass is 9.84. The molecule has 0 saturated heterocycles. The van der Waals surface area contributed by atoms with Gasteiger partial charge >= 0.3 is 0 Å². The molecule has 2 saturated carbocycles. The lowest BCUT2D eigenvalue weighted by Gasteiger charge is -2.33. The van der Waals surface area contributed by atoms with Crippen molar-refractivity contribution in [3.8, 4) is 17.6 Å². The number of benzene rings is 3. The fourth-order valence-electron chi connectivity index (χ4n) is 5.10. The second kappa shape index (κ2) is 10.7. The van der Waals surface area contributed by atoms with Crippen LogP contribution in [-0.4, -0.2) is 5.60 Å². The summed E-state index contributed by atoms with van der Waals surface area (Å²) < 4.78 is 22.0. The molecule has 0 unspecified atom stereocenters. The van der Waals surface area contributed by atoms with Gasteiger partial charge < -0.3 is 4.74 Å². The van der Waals surface area contributed by atoms with Crippen LogP contribution in [0.25, 0.3) is 0 Å². The van der Waals surface area contributed by atoms with Crippen molar-refractivity contribution in [2.24, 2.45) is 5.92 Å². The van der Waals surface area contributed by atoms with E-state index in [1.807, 2.05) is 48.5 Å². The number of hydrogen-bond acceptors (Lipinski definition) is 1. The SMILES string of the molecule is Fc1cc([S+](c2ccccc2)c2ccccc2)ccc1OC1(C#CC2CCCC2)CCCCC1. The predicted molar refractivity (Wildman–Crippen MR) is 138 cm³/mol. The molecule has 5 rings (SSSR count). The van der Waals surface area contributed by atoms with Crippen molar-refractivity contribution in [2.75, 3.05) is 0 Å². The molecule has 0 aromatic heterocycles. The van der Waals surface area contributed by atoms with Crippen molar-refractivity contribution in [1.29, 1.82) is 0 Å². The van der Waals surface area contributed by atoms with Gasteiger partial charge in [0, 0.05) is 12.0 Å². The van der Waals surface area contributed by atoms with Gasteiger partial charge in [0.15, 0.2) is 31.9 Å². The maximum atomic E-state index is 15.5. The fraction of sp³-hybridized carbons (Fsp3) is 0.355. The van der Waals surface area contributed by atoms with Gasteiger partial charge in [0.05, 0.1) is 10.9 Å². The Morgan fingerprint density at radius 3 is 1.94 bits per heavy atom. The van der Waals surface area contributed by atoms with Crippen molar-refractivity contribution in [3.63, 3.8) is 0 Å². The molecule has 2 aliphatic carbocycles. The van der Waals surface area contributed by atoms with Crippen LogP contribution < -0.4 is 4.74 Å². The molecule has 0 aliphatic heterocycles. The van der Waals surface area contributed by atoms with E-state index in [1.54, 1.807) is 6.07 Å². The smallest absolute Gasteiger partial charge is 0.170 e. The number of halogens is 1. The molecule has 3 aromatic carbocycles. The van der Waals surface area contributed by atoms with Crippen LogP contribution in [0.3, 0.4) is 0 Å². The number of rotatable bonds is 5. The normalized spacial score (nSPS) is 17.8. The standard InChI is InChI=1S/C31H32FOS/c32-29-24-28(34(26-14-4-1-5-15-26)27-16-6-2-7-17-27)18-19-30(29)33-31(21-10-3-11-22-31)23-20-25-12-8-9-13-25/h1-2,4-7,14-19,24-25H,3,8-13,21-22H2/q+1. The van der Waals surface area contributed by atoms with Gasteiger partial charge in [-0.25, -0.2) is 4.39 Å². The quantitative estimate of drug-likeness (QED) is 0.269. The lowest BCUT2D eigenvalue weighted by Crippen LogP contribution is -2.37. The molecule has 2 fully saturated rings. The topological polar surface area (TPSA) is 9.23 Å². The molecule has 0 bridgehead atoms. The third-order valence-corrected chi connectivity index (χ3v) is 9.14. The van der Waals surface area contributed by atoms with Crippen molar-refractivity contribution in [3.05, 3.63) is 84.7 Å². The van der Waals surface area contributed by atoms with Gasteiger partial charge in [0.2, 0.25) is 0 Å². The van der Waals surface area contributed by atoms with E-state index in [0.717, 1.165) is 30.6 Å². The molecular formula is C31H32FOS+. The van der Waals surface area contributed by atoms with E-state index in [4.69, 9.17) is 4.74 Å². The van der Waals surface area contributed by atoms with Gasteiger partial charge in [0.25, 0.3) is 0 Å². The minimum Gasteiger partial charge on any atom is -0.472 e. The monoisotopic (exact) mass is 471 g/mol. The highest BCUT2D eigenvalue weighted by Crippen LogP contribution is 2.37. The molecule has 0 heterocycles. The van der Waals surface area contributed by atoms with E-state index in [-0.39, 0.29) is 16.7 Å².